The molecule has 1 aromatic rings. The molecule has 1 heterocycles. The van der Waals surface area contributed by atoms with Gasteiger partial charge in [0.2, 0.25) is 17.2 Å². The van der Waals surface area contributed by atoms with Gasteiger partial charge in [-0.2, -0.15) is 15.0 Å². The summed E-state index contributed by atoms with van der Waals surface area (Å²) in [7, 11) is 1.95. The summed E-state index contributed by atoms with van der Waals surface area (Å²) in [6.07, 6.45) is 0. The molecule has 0 bridgehead atoms. The van der Waals surface area contributed by atoms with Crippen LogP contribution in [0.1, 0.15) is 27.7 Å². The van der Waals surface area contributed by atoms with Crippen molar-refractivity contribution in [2.24, 2.45) is 0 Å². The molecule has 0 N–H and O–H groups in total. The predicted molar refractivity (Wildman–Crippen MR) is 71.9 cm³/mol. The molecular formula is C11H20ClN5. The first-order valence-electron chi connectivity index (χ1n) is 5.88. The fourth-order valence-electron chi connectivity index (χ4n) is 1.37. The van der Waals surface area contributed by atoms with Gasteiger partial charge in [0, 0.05) is 26.2 Å². The van der Waals surface area contributed by atoms with Crippen molar-refractivity contribution in [3.63, 3.8) is 0 Å². The summed E-state index contributed by atoms with van der Waals surface area (Å²) in [5.41, 5.74) is 0. The summed E-state index contributed by atoms with van der Waals surface area (Å²) in [5, 5.41) is 0.240. The van der Waals surface area contributed by atoms with E-state index >= 15 is 0 Å². The molecule has 6 heteroatoms. The molecule has 0 aromatic carbocycles. The predicted octanol–water partition coefficient (Wildman–Crippen LogP) is 2.22. The zero-order valence-corrected chi connectivity index (χ0v) is 11.9. The van der Waals surface area contributed by atoms with E-state index in [0.29, 0.717) is 17.9 Å². The van der Waals surface area contributed by atoms with Crippen molar-refractivity contribution in [1.82, 2.24) is 15.0 Å². The van der Waals surface area contributed by atoms with Gasteiger partial charge in [-0.3, -0.25) is 0 Å². The summed E-state index contributed by atoms with van der Waals surface area (Å²) < 4.78 is 0. The summed E-state index contributed by atoms with van der Waals surface area (Å²) >= 11 is 5.94. The van der Waals surface area contributed by atoms with Crippen LogP contribution in [0.3, 0.4) is 0 Å². The number of halogens is 1. The molecule has 0 amide bonds. The van der Waals surface area contributed by atoms with Gasteiger partial charge in [-0.15, -0.1) is 0 Å². The summed E-state index contributed by atoms with van der Waals surface area (Å²) in [6.45, 7) is 9.98. The van der Waals surface area contributed by atoms with E-state index in [1.54, 1.807) is 0 Å². The first kappa shape index (κ1) is 14.0. The number of aromatic nitrogens is 3. The summed E-state index contributed by atoms with van der Waals surface area (Å²) in [5.74, 6) is 1.25. The molecule has 0 saturated carbocycles. The van der Waals surface area contributed by atoms with Gasteiger partial charge in [-0.1, -0.05) is 0 Å². The van der Waals surface area contributed by atoms with Crippen LogP contribution in [0.2, 0.25) is 5.28 Å². The Balaban J connectivity index is 3.09. The molecule has 0 aliphatic rings. The third-order valence-corrected chi connectivity index (χ3v) is 2.89. The largest absolute Gasteiger partial charge is 0.341 e. The Kier molecular flexibility index (Phi) is 4.93. The molecule has 5 nitrogen and oxygen atoms in total. The highest BCUT2D eigenvalue weighted by atomic mass is 35.5. The van der Waals surface area contributed by atoms with Crippen molar-refractivity contribution < 1.29 is 0 Å². The van der Waals surface area contributed by atoms with Crippen molar-refractivity contribution in [1.29, 1.82) is 0 Å². The van der Waals surface area contributed by atoms with Crippen LogP contribution in [0, 0.1) is 0 Å². The van der Waals surface area contributed by atoms with Gasteiger partial charge in [0.15, 0.2) is 0 Å². The topological polar surface area (TPSA) is 45.2 Å². The van der Waals surface area contributed by atoms with E-state index in [4.69, 9.17) is 11.6 Å². The van der Waals surface area contributed by atoms with Gasteiger partial charge in [0.05, 0.1) is 0 Å². The van der Waals surface area contributed by atoms with Crippen LogP contribution in [0.4, 0.5) is 11.9 Å². The fourth-order valence-corrected chi connectivity index (χ4v) is 1.52. The number of anilines is 2. The minimum atomic E-state index is 0.240. The van der Waals surface area contributed by atoms with E-state index in [0.717, 1.165) is 13.1 Å². The maximum atomic E-state index is 5.94. The monoisotopic (exact) mass is 257 g/mol. The highest BCUT2D eigenvalue weighted by molar-refractivity contribution is 6.28. The standard InChI is InChI=1S/C11H20ClN5/c1-6-17(7-2)11-14-9(12)13-10(15-11)16(5)8(3)4/h8H,6-7H2,1-5H3. The summed E-state index contributed by atoms with van der Waals surface area (Å²) in [6, 6.07) is 0.318. The zero-order chi connectivity index (χ0) is 13.0. The minimum absolute atomic E-state index is 0.240. The van der Waals surface area contributed by atoms with E-state index < -0.39 is 0 Å². The molecule has 17 heavy (non-hydrogen) atoms. The van der Waals surface area contributed by atoms with Gasteiger partial charge in [-0.25, -0.2) is 0 Å². The average Bonchev–Trinajstić information content (AvgIpc) is 2.28. The Morgan fingerprint density at radius 3 is 2.06 bits per heavy atom. The highest BCUT2D eigenvalue weighted by Gasteiger charge is 2.14. The lowest BCUT2D eigenvalue weighted by atomic mass is 10.4. The molecule has 0 fully saturated rings. The molecule has 1 rings (SSSR count). The minimum Gasteiger partial charge on any atom is -0.341 e. The first-order valence-corrected chi connectivity index (χ1v) is 6.26. The van der Waals surface area contributed by atoms with Crippen molar-refractivity contribution >= 4 is 23.5 Å². The van der Waals surface area contributed by atoms with E-state index in [1.165, 1.54) is 0 Å². The van der Waals surface area contributed by atoms with E-state index in [2.05, 4.69) is 42.6 Å². The Bertz CT molecular complexity index is 345. The zero-order valence-electron chi connectivity index (χ0n) is 11.1. The van der Waals surface area contributed by atoms with Gasteiger partial charge >= 0.3 is 0 Å². The molecule has 0 spiro atoms. The molecule has 0 aliphatic heterocycles. The fraction of sp³-hybridized carbons (Fsp3) is 0.727. The van der Waals surface area contributed by atoms with Crippen molar-refractivity contribution in [2.45, 2.75) is 33.7 Å². The normalized spacial score (nSPS) is 10.8. The summed E-state index contributed by atoms with van der Waals surface area (Å²) in [4.78, 5) is 16.8. The van der Waals surface area contributed by atoms with Gasteiger partial charge < -0.3 is 9.80 Å². The lowest BCUT2D eigenvalue weighted by Gasteiger charge is -2.24. The third kappa shape index (κ3) is 3.43. The van der Waals surface area contributed by atoms with Crippen LogP contribution in [0.15, 0.2) is 0 Å². The molecule has 0 saturated heterocycles. The molecule has 0 atom stereocenters. The lowest BCUT2D eigenvalue weighted by Crippen LogP contribution is -2.30. The van der Waals surface area contributed by atoms with Crippen LogP contribution in [0.25, 0.3) is 0 Å². The van der Waals surface area contributed by atoms with Crippen molar-refractivity contribution in [3.8, 4) is 0 Å². The maximum absolute atomic E-state index is 5.94. The van der Waals surface area contributed by atoms with E-state index in [9.17, 15) is 0 Å². The average molecular weight is 258 g/mol. The van der Waals surface area contributed by atoms with Crippen molar-refractivity contribution in [3.05, 3.63) is 5.28 Å². The second kappa shape index (κ2) is 6.00. The molecule has 0 unspecified atom stereocenters. The van der Waals surface area contributed by atoms with Crippen LogP contribution in [0.5, 0.6) is 0 Å². The van der Waals surface area contributed by atoms with E-state index in [1.807, 2.05) is 16.8 Å². The smallest absolute Gasteiger partial charge is 0.231 e. The van der Waals surface area contributed by atoms with Gasteiger partial charge in [0.25, 0.3) is 0 Å². The number of rotatable bonds is 5. The maximum Gasteiger partial charge on any atom is 0.231 e. The van der Waals surface area contributed by atoms with Gasteiger partial charge in [-0.05, 0) is 39.3 Å². The Morgan fingerprint density at radius 2 is 1.59 bits per heavy atom. The number of hydrogen-bond donors (Lipinski definition) is 0. The van der Waals surface area contributed by atoms with Crippen molar-refractivity contribution in [2.75, 3.05) is 29.9 Å². The molecular weight excluding hydrogens is 238 g/mol. The lowest BCUT2D eigenvalue weighted by molar-refractivity contribution is 0.718. The third-order valence-electron chi connectivity index (χ3n) is 2.72. The Morgan fingerprint density at radius 1 is 1.06 bits per heavy atom. The van der Waals surface area contributed by atoms with Crippen LogP contribution in [-0.2, 0) is 0 Å². The van der Waals surface area contributed by atoms with Crippen LogP contribution < -0.4 is 9.80 Å². The quantitative estimate of drug-likeness (QED) is 0.809. The molecule has 96 valence electrons. The Hall–Kier alpha value is -1.10. The van der Waals surface area contributed by atoms with Crippen LogP contribution in [-0.4, -0.2) is 41.1 Å². The second-order valence-corrected chi connectivity index (χ2v) is 4.42. The first-order chi connectivity index (χ1) is 7.99. The molecule has 0 aliphatic carbocycles. The SMILES string of the molecule is CCN(CC)c1nc(Cl)nc(N(C)C(C)C)n1. The molecule has 1 aromatic heterocycles. The molecule has 0 radical (unpaired) electrons. The Labute approximate surface area is 108 Å². The second-order valence-electron chi connectivity index (χ2n) is 4.08. The number of nitrogens with zero attached hydrogens (tertiary/aromatic N) is 5. The van der Waals surface area contributed by atoms with Crippen LogP contribution >= 0.6 is 11.6 Å². The van der Waals surface area contributed by atoms with E-state index in [-0.39, 0.29) is 5.28 Å². The van der Waals surface area contributed by atoms with Gasteiger partial charge in [0.1, 0.15) is 0 Å². The number of hydrogen-bond acceptors (Lipinski definition) is 5. The highest BCUT2D eigenvalue weighted by Crippen LogP contribution is 2.16.